The number of carboxylic acids is 1. The Morgan fingerprint density at radius 1 is 1.52 bits per heavy atom. The van der Waals surface area contributed by atoms with Crippen molar-refractivity contribution in [1.82, 2.24) is 4.72 Å². The normalized spacial score (nSPS) is 25.9. The number of benzene rings is 1. The summed E-state index contributed by atoms with van der Waals surface area (Å²) in [5, 5.41) is 19.1. The van der Waals surface area contributed by atoms with E-state index in [1.807, 2.05) is 0 Å². The van der Waals surface area contributed by atoms with Gasteiger partial charge in [0.25, 0.3) is 0 Å². The standard InChI is InChI=1S/C13H17NO6S/c1-9-13(17,5-6-20-9)8-14-21(18,19)11-4-2-3-10(7-11)12(15)16/h2-4,7,9,14,17H,5-6,8H2,1H3,(H,15,16). The molecule has 3 N–H and O–H groups in total. The molecule has 21 heavy (non-hydrogen) atoms. The largest absolute Gasteiger partial charge is 0.478 e. The third-order valence-corrected chi connectivity index (χ3v) is 5.02. The highest BCUT2D eigenvalue weighted by Crippen LogP contribution is 2.25. The second-order valence-electron chi connectivity index (χ2n) is 5.02. The first-order valence-corrected chi connectivity index (χ1v) is 7.90. The molecule has 0 spiro atoms. The molecule has 2 unspecified atom stereocenters. The van der Waals surface area contributed by atoms with Gasteiger partial charge in [0, 0.05) is 19.6 Å². The number of aliphatic hydroxyl groups is 1. The van der Waals surface area contributed by atoms with Gasteiger partial charge in [-0.05, 0) is 25.1 Å². The first kappa shape index (κ1) is 15.9. The first-order valence-electron chi connectivity index (χ1n) is 6.42. The molecule has 0 saturated carbocycles. The molecular formula is C13H17NO6S. The summed E-state index contributed by atoms with van der Waals surface area (Å²) in [6.45, 7) is 1.86. The Morgan fingerprint density at radius 3 is 2.81 bits per heavy atom. The zero-order chi connectivity index (χ0) is 15.7. The fraction of sp³-hybridized carbons (Fsp3) is 0.462. The molecule has 0 bridgehead atoms. The topological polar surface area (TPSA) is 113 Å². The molecule has 1 aromatic carbocycles. The number of nitrogens with one attached hydrogen (secondary N) is 1. The van der Waals surface area contributed by atoms with Crippen molar-refractivity contribution >= 4 is 16.0 Å². The molecule has 8 heteroatoms. The lowest BCUT2D eigenvalue weighted by Gasteiger charge is -2.26. The van der Waals surface area contributed by atoms with Crippen LogP contribution in [0.5, 0.6) is 0 Å². The molecule has 1 fully saturated rings. The van der Waals surface area contributed by atoms with E-state index in [0.717, 1.165) is 6.07 Å². The van der Waals surface area contributed by atoms with Crippen LogP contribution < -0.4 is 4.72 Å². The maximum absolute atomic E-state index is 12.2. The minimum Gasteiger partial charge on any atom is -0.478 e. The summed E-state index contributed by atoms with van der Waals surface area (Å²) < 4.78 is 31.8. The Bertz CT molecular complexity index is 644. The fourth-order valence-corrected chi connectivity index (χ4v) is 3.25. The zero-order valence-electron chi connectivity index (χ0n) is 11.4. The van der Waals surface area contributed by atoms with Crippen LogP contribution in [-0.4, -0.2) is 49.5 Å². The first-order chi connectivity index (χ1) is 9.74. The van der Waals surface area contributed by atoms with Gasteiger partial charge < -0.3 is 14.9 Å². The van der Waals surface area contributed by atoms with E-state index < -0.39 is 27.7 Å². The van der Waals surface area contributed by atoms with Crippen LogP contribution in [0.1, 0.15) is 23.7 Å². The van der Waals surface area contributed by atoms with Crippen LogP contribution >= 0.6 is 0 Å². The fourth-order valence-electron chi connectivity index (χ4n) is 2.10. The zero-order valence-corrected chi connectivity index (χ0v) is 12.3. The van der Waals surface area contributed by atoms with Crippen molar-refractivity contribution in [2.24, 2.45) is 0 Å². The molecule has 1 heterocycles. The molecule has 0 radical (unpaired) electrons. The molecule has 7 nitrogen and oxygen atoms in total. The molecule has 0 amide bonds. The van der Waals surface area contributed by atoms with Crippen molar-refractivity contribution in [2.75, 3.05) is 13.2 Å². The predicted molar refractivity (Wildman–Crippen MR) is 73.6 cm³/mol. The highest BCUT2D eigenvalue weighted by molar-refractivity contribution is 7.89. The van der Waals surface area contributed by atoms with Crippen LogP contribution in [0.15, 0.2) is 29.2 Å². The third-order valence-electron chi connectivity index (χ3n) is 3.62. The van der Waals surface area contributed by atoms with E-state index in [0.29, 0.717) is 13.0 Å². The number of hydrogen-bond acceptors (Lipinski definition) is 5. The van der Waals surface area contributed by atoms with Crippen molar-refractivity contribution in [2.45, 2.75) is 29.9 Å². The number of rotatable bonds is 5. The quantitative estimate of drug-likeness (QED) is 0.715. The lowest BCUT2D eigenvalue weighted by atomic mass is 9.97. The van der Waals surface area contributed by atoms with Gasteiger partial charge in [-0.1, -0.05) is 6.07 Å². The summed E-state index contributed by atoms with van der Waals surface area (Å²) in [7, 11) is -3.89. The van der Waals surface area contributed by atoms with Gasteiger partial charge in [0.1, 0.15) is 5.60 Å². The van der Waals surface area contributed by atoms with Gasteiger partial charge >= 0.3 is 5.97 Å². The van der Waals surface area contributed by atoms with E-state index in [1.54, 1.807) is 6.92 Å². The number of ether oxygens (including phenoxy) is 1. The Morgan fingerprint density at radius 2 is 2.24 bits per heavy atom. The molecule has 1 aromatic rings. The molecule has 0 aromatic heterocycles. The summed E-state index contributed by atoms with van der Waals surface area (Å²) in [6.07, 6.45) is -0.128. The average Bonchev–Trinajstić information content (AvgIpc) is 2.77. The van der Waals surface area contributed by atoms with Gasteiger partial charge in [-0.15, -0.1) is 0 Å². The predicted octanol–water partition coefficient (Wildman–Crippen LogP) is 0.203. The molecule has 1 aliphatic rings. The van der Waals surface area contributed by atoms with Crippen molar-refractivity contribution in [1.29, 1.82) is 0 Å². The minimum absolute atomic E-state index is 0.117. The lowest BCUT2D eigenvalue weighted by Crippen LogP contribution is -2.47. The molecule has 2 atom stereocenters. The van der Waals surface area contributed by atoms with E-state index in [4.69, 9.17) is 9.84 Å². The number of carbonyl (C=O) groups is 1. The Balaban J connectivity index is 2.15. The van der Waals surface area contributed by atoms with E-state index in [9.17, 15) is 18.3 Å². The van der Waals surface area contributed by atoms with Gasteiger partial charge in [-0.25, -0.2) is 17.9 Å². The van der Waals surface area contributed by atoms with Crippen molar-refractivity contribution < 1.29 is 28.2 Å². The van der Waals surface area contributed by atoms with E-state index >= 15 is 0 Å². The SMILES string of the molecule is CC1OCCC1(O)CNS(=O)(=O)c1cccc(C(=O)O)c1. The van der Waals surface area contributed by atoms with Gasteiger partial charge in [0.15, 0.2) is 0 Å². The summed E-state index contributed by atoms with van der Waals surface area (Å²) in [6, 6.07) is 5.03. The van der Waals surface area contributed by atoms with Crippen molar-refractivity contribution in [3.8, 4) is 0 Å². The van der Waals surface area contributed by atoms with E-state index in [2.05, 4.69) is 4.72 Å². The Labute approximate surface area is 122 Å². The highest BCUT2D eigenvalue weighted by atomic mass is 32.2. The van der Waals surface area contributed by atoms with Crippen LogP contribution in [0.25, 0.3) is 0 Å². The number of carboxylic acid groups (broad SMARTS) is 1. The van der Waals surface area contributed by atoms with Gasteiger partial charge in [-0.3, -0.25) is 0 Å². The maximum Gasteiger partial charge on any atom is 0.335 e. The number of hydrogen-bond donors (Lipinski definition) is 3. The number of aromatic carboxylic acids is 1. The van der Waals surface area contributed by atoms with Crippen LogP contribution in [0.2, 0.25) is 0 Å². The van der Waals surface area contributed by atoms with E-state index in [1.165, 1.54) is 18.2 Å². The molecule has 1 saturated heterocycles. The van der Waals surface area contributed by atoms with Crippen molar-refractivity contribution in [3.05, 3.63) is 29.8 Å². The smallest absolute Gasteiger partial charge is 0.335 e. The lowest BCUT2D eigenvalue weighted by molar-refractivity contribution is -0.0228. The highest BCUT2D eigenvalue weighted by Gasteiger charge is 2.40. The van der Waals surface area contributed by atoms with Crippen LogP contribution in [-0.2, 0) is 14.8 Å². The van der Waals surface area contributed by atoms with Crippen LogP contribution in [0.3, 0.4) is 0 Å². The molecule has 0 aliphatic carbocycles. The third kappa shape index (κ3) is 3.41. The molecular weight excluding hydrogens is 298 g/mol. The second-order valence-corrected chi connectivity index (χ2v) is 6.79. The van der Waals surface area contributed by atoms with Crippen LogP contribution in [0.4, 0.5) is 0 Å². The Hall–Kier alpha value is -1.48. The van der Waals surface area contributed by atoms with Gasteiger partial charge in [0.2, 0.25) is 10.0 Å². The summed E-state index contributed by atoms with van der Waals surface area (Å²) in [4.78, 5) is 10.7. The minimum atomic E-state index is -3.89. The molecule has 1 aliphatic heterocycles. The van der Waals surface area contributed by atoms with Gasteiger partial charge in [0.05, 0.1) is 16.6 Å². The van der Waals surface area contributed by atoms with Crippen molar-refractivity contribution in [3.63, 3.8) is 0 Å². The second kappa shape index (κ2) is 5.72. The van der Waals surface area contributed by atoms with Gasteiger partial charge in [-0.2, -0.15) is 0 Å². The van der Waals surface area contributed by atoms with E-state index in [-0.39, 0.29) is 17.0 Å². The summed E-state index contributed by atoms with van der Waals surface area (Å²) in [5.41, 5.74) is -1.37. The average molecular weight is 315 g/mol. The molecule has 116 valence electrons. The monoisotopic (exact) mass is 315 g/mol. The number of sulfonamides is 1. The molecule has 2 rings (SSSR count). The maximum atomic E-state index is 12.2. The summed E-state index contributed by atoms with van der Waals surface area (Å²) in [5.74, 6) is -1.21. The summed E-state index contributed by atoms with van der Waals surface area (Å²) >= 11 is 0. The van der Waals surface area contributed by atoms with Crippen LogP contribution in [0, 0.1) is 0 Å². The Kier molecular flexibility index (Phi) is 4.33.